The first-order valence-electron chi connectivity index (χ1n) is 8.89. The summed E-state index contributed by atoms with van der Waals surface area (Å²) in [5, 5.41) is 0. The zero-order valence-corrected chi connectivity index (χ0v) is 14.9. The molecule has 3 unspecified atom stereocenters. The number of pyridine rings is 1. The second kappa shape index (κ2) is 7.49. The van der Waals surface area contributed by atoms with Crippen molar-refractivity contribution in [3.63, 3.8) is 0 Å². The maximum atomic E-state index is 12.8. The van der Waals surface area contributed by atoms with Crippen molar-refractivity contribution >= 4 is 11.7 Å². The number of piperazine rings is 1. The van der Waals surface area contributed by atoms with Gasteiger partial charge in [0.2, 0.25) is 5.91 Å². The monoisotopic (exact) mass is 332 g/mol. The van der Waals surface area contributed by atoms with Gasteiger partial charge in [0.15, 0.2) is 0 Å². The van der Waals surface area contributed by atoms with Crippen molar-refractivity contribution in [1.29, 1.82) is 0 Å². The lowest BCUT2D eigenvalue weighted by molar-refractivity contribution is -0.148. The standard InChI is InChI=1S/C18H28N4O2/c1-14-12-22(13-15(2)24-14)18(23)16(3)20-8-10-21(11-9-20)17-6-4-5-7-19-17/h4-7,14-16H,8-13H2,1-3H3. The van der Waals surface area contributed by atoms with Crippen molar-refractivity contribution in [1.82, 2.24) is 14.8 Å². The first-order valence-corrected chi connectivity index (χ1v) is 8.89. The Kier molecular flexibility index (Phi) is 5.36. The maximum absolute atomic E-state index is 12.8. The van der Waals surface area contributed by atoms with E-state index in [-0.39, 0.29) is 24.2 Å². The van der Waals surface area contributed by atoms with Crippen molar-refractivity contribution in [2.75, 3.05) is 44.2 Å². The molecule has 0 radical (unpaired) electrons. The minimum atomic E-state index is -0.0756. The van der Waals surface area contributed by atoms with Gasteiger partial charge in [-0.1, -0.05) is 6.07 Å². The van der Waals surface area contributed by atoms with Gasteiger partial charge in [0.1, 0.15) is 5.82 Å². The molecule has 6 nitrogen and oxygen atoms in total. The van der Waals surface area contributed by atoms with Crippen LogP contribution >= 0.6 is 0 Å². The number of morpholine rings is 1. The molecular weight excluding hydrogens is 304 g/mol. The summed E-state index contributed by atoms with van der Waals surface area (Å²) < 4.78 is 5.73. The summed E-state index contributed by atoms with van der Waals surface area (Å²) in [7, 11) is 0. The van der Waals surface area contributed by atoms with Crippen LogP contribution in [0.25, 0.3) is 0 Å². The molecule has 2 aliphatic heterocycles. The molecular formula is C18H28N4O2. The van der Waals surface area contributed by atoms with E-state index in [1.807, 2.05) is 50.1 Å². The zero-order valence-electron chi connectivity index (χ0n) is 14.9. The molecule has 2 saturated heterocycles. The Hall–Kier alpha value is -1.66. The lowest BCUT2D eigenvalue weighted by Crippen LogP contribution is -2.57. The molecule has 1 aromatic heterocycles. The number of nitrogens with zero attached hydrogens (tertiary/aromatic N) is 4. The largest absolute Gasteiger partial charge is 0.372 e. The summed E-state index contributed by atoms with van der Waals surface area (Å²) >= 11 is 0. The Morgan fingerprint density at radius 3 is 2.42 bits per heavy atom. The second-order valence-corrected chi connectivity index (χ2v) is 6.89. The molecule has 1 aromatic rings. The van der Waals surface area contributed by atoms with Crippen molar-refractivity contribution in [3.05, 3.63) is 24.4 Å². The Morgan fingerprint density at radius 1 is 1.17 bits per heavy atom. The normalized spacial score (nSPS) is 27.1. The number of hydrogen-bond donors (Lipinski definition) is 0. The molecule has 2 aliphatic rings. The van der Waals surface area contributed by atoms with Crippen LogP contribution < -0.4 is 4.90 Å². The van der Waals surface area contributed by atoms with E-state index in [1.54, 1.807) is 0 Å². The van der Waals surface area contributed by atoms with Gasteiger partial charge in [0, 0.05) is 45.5 Å². The molecule has 1 amide bonds. The summed E-state index contributed by atoms with van der Waals surface area (Å²) in [5.74, 6) is 1.25. The molecule has 0 saturated carbocycles. The molecule has 0 aromatic carbocycles. The van der Waals surface area contributed by atoms with E-state index in [9.17, 15) is 4.79 Å². The number of carbonyl (C=O) groups is 1. The average molecular weight is 332 g/mol. The van der Waals surface area contributed by atoms with Gasteiger partial charge in [0.05, 0.1) is 18.2 Å². The van der Waals surface area contributed by atoms with Crippen molar-refractivity contribution < 1.29 is 9.53 Å². The molecule has 3 rings (SSSR count). The molecule has 2 fully saturated rings. The molecule has 0 N–H and O–H groups in total. The number of hydrogen-bond acceptors (Lipinski definition) is 5. The van der Waals surface area contributed by atoms with E-state index in [1.165, 1.54) is 0 Å². The lowest BCUT2D eigenvalue weighted by Gasteiger charge is -2.41. The van der Waals surface area contributed by atoms with Crippen LogP contribution in [0.15, 0.2) is 24.4 Å². The van der Waals surface area contributed by atoms with Crippen LogP contribution in [0.3, 0.4) is 0 Å². The Morgan fingerprint density at radius 2 is 1.83 bits per heavy atom. The molecule has 24 heavy (non-hydrogen) atoms. The average Bonchev–Trinajstić information content (AvgIpc) is 2.60. The molecule has 0 bridgehead atoms. The number of amides is 1. The number of aromatic nitrogens is 1. The second-order valence-electron chi connectivity index (χ2n) is 6.89. The third-order valence-electron chi connectivity index (χ3n) is 4.92. The third kappa shape index (κ3) is 3.87. The SMILES string of the molecule is CC1CN(C(=O)C(C)N2CCN(c3ccccn3)CC2)CC(C)O1. The third-order valence-corrected chi connectivity index (χ3v) is 4.92. The van der Waals surface area contributed by atoms with Gasteiger partial charge >= 0.3 is 0 Å². The van der Waals surface area contributed by atoms with Crippen LogP contribution in [0, 0.1) is 0 Å². The summed E-state index contributed by atoms with van der Waals surface area (Å²) in [6, 6.07) is 5.92. The van der Waals surface area contributed by atoms with Crippen LogP contribution in [-0.4, -0.2) is 78.2 Å². The quantitative estimate of drug-likeness (QED) is 0.833. The Labute approximate surface area is 144 Å². The predicted octanol–water partition coefficient (Wildman–Crippen LogP) is 1.23. The lowest BCUT2D eigenvalue weighted by atomic mass is 10.1. The highest BCUT2D eigenvalue weighted by Crippen LogP contribution is 2.17. The number of carbonyl (C=O) groups excluding carboxylic acids is 1. The van der Waals surface area contributed by atoms with Gasteiger partial charge in [-0.05, 0) is 32.9 Å². The molecule has 3 atom stereocenters. The van der Waals surface area contributed by atoms with Crippen LogP contribution in [0.5, 0.6) is 0 Å². The minimum absolute atomic E-state index is 0.0756. The number of anilines is 1. The highest BCUT2D eigenvalue weighted by molar-refractivity contribution is 5.81. The summed E-state index contributed by atoms with van der Waals surface area (Å²) in [6.07, 6.45) is 2.06. The van der Waals surface area contributed by atoms with Crippen LogP contribution in [0.2, 0.25) is 0 Å². The van der Waals surface area contributed by atoms with Crippen LogP contribution in [-0.2, 0) is 9.53 Å². The van der Waals surface area contributed by atoms with Crippen molar-refractivity contribution in [2.24, 2.45) is 0 Å². The molecule has 6 heteroatoms. The Balaban J connectivity index is 1.55. The van der Waals surface area contributed by atoms with Crippen molar-refractivity contribution in [3.8, 4) is 0 Å². The topological polar surface area (TPSA) is 48.9 Å². The Bertz CT molecular complexity index is 535. The fourth-order valence-corrected chi connectivity index (χ4v) is 3.66. The van der Waals surface area contributed by atoms with Gasteiger partial charge in [0.25, 0.3) is 0 Å². The molecule has 3 heterocycles. The summed E-state index contributed by atoms with van der Waals surface area (Å²) in [4.78, 5) is 23.8. The number of ether oxygens (including phenoxy) is 1. The van der Waals surface area contributed by atoms with Crippen LogP contribution in [0.4, 0.5) is 5.82 Å². The van der Waals surface area contributed by atoms with Gasteiger partial charge in [-0.2, -0.15) is 0 Å². The van der Waals surface area contributed by atoms with Gasteiger partial charge in [-0.3, -0.25) is 9.69 Å². The maximum Gasteiger partial charge on any atom is 0.239 e. The van der Waals surface area contributed by atoms with Gasteiger partial charge in [-0.25, -0.2) is 4.98 Å². The molecule has 0 spiro atoms. The van der Waals surface area contributed by atoms with Gasteiger partial charge < -0.3 is 14.5 Å². The van der Waals surface area contributed by atoms with E-state index in [4.69, 9.17) is 4.74 Å². The van der Waals surface area contributed by atoms with Crippen LogP contribution in [0.1, 0.15) is 20.8 Å². The highest BCUT2D eigenvalue weighted by Gasteiger charge is 2.32. The van der Waals surface area contributed by atoms with E-state index >= 15 is 0 Å². The molecule has 0 aliphatic carbocycles. The summed E-state index contributed by atoms with van der Waals surface area (Å²) in [6.45, 7) is 11.1. The van der Waals surface area contributed by atoms with E-state index in [0.29, 0.717) is 13.1 Å². The summed E-state index contributed by atoms with van der Waals surface area (Å²) in [5.41, 5.74) is 0. The number of rotatable bonds is 3. The predicted molar refractivity (Wildman–Crippen MR) is 94.1 cm³/mol. The first-order chi connectivity index (χ1) is 11.5. The first kappa shape index (κ1) is 17.2. The fraction of sp³-hybridized carbons (Fsp3) is 0.667. The fourth-order valence-electron chi connectivity index (χ4n) is 3.66. The molecule has 132 valence electrons. The van der Waals surface area contributed by atoms with Gasteiger partial charge in [-0.15, -0.1) is 0 Å². The van der Waals surface area contributed by atoms with E-state index in [0.717, 1.165) is 32.0 Å². The zero-order chi connectivity index (χ0) is 17.1. The van der Waals surface area contributed by atoms with E-state index in [2.05, 4.69) is 14.8 Å². The van der Waals surface area contributed by atoms with Crippen molar-refractivity contribution in [2.45, 2.75) is 39.0 Å². The van der Waals surface area contributed by atoms with E-state index < -0.39 is 0 Å². The minimum Gasteiger partial charge on any atom is -0.372 e. The smallest absolute Gasteiger partial charge is 0.239 e. The highest BCUT2D eigenvalue weighted by atomic mass is 16.5.